The van der Waals surface area contributed by atoms with Crippen molar-refractivity contribution in [3.63, 3.8) is 0 Å². The Bertz CT molecular complexity index is 942. The summed E-state index contributed by atoms with van der Waals surface area (Å²) in [5, 5.41) is 0. The number of methoxy groups -OCH3 is 2. The van der Waals surface area contributed by atoms with Gasteiger partial charge in [-0.25, -0.2) is 4.79 Å². The molecule has 1 aliphatic heterocycles. The second-order valence-electron chi connectivity index (χ2n) is 7.50. The van der Waals surface area contributed by atoms with Gasteiger partial charge in [0, 0.05) is 12.1 Å². The highest BCUT2D eigenvalue weighted by atomic mass is 16.6. The van der Waals surface area contributed by atoms with Crippen LogP contribution in [0, 0.1) is 13.8 Å². The van der Waals surface area contributed by atoms with Crippen molar-refractivity contribution in [1.82, 2.24) is 4.90 Å². The van der Waals surface area contributed by atoms with E-state index in [-0.39, 0.29) is 25.2 Å². The number of nitrogens with zero attached hydrogens (tertiary/aromatic N) is 1. The van der Waals surface area contributed by atoms with Crippen molar-refractivity contribution in [3.05, 3.63) is 53.1 Å². The van der Waals surface area contributed by atoms with Gasteiger partial charge in [-0.3, -0.25) is 4.79 Å². The van der Waals surface area contributed by atoms with E-state index >= 15 is 0 Å². The van der Waals surface area contributed by atoms with Crippen LogP contribution in [0.25, 0.3) is 0 Å². The van der Waals surface area contributed by atoms with Crippen LogP contribution >= 0.6 is 0 Å². The first-order chi connectivity index (χ1) is 14.9. The quantitative estimate of drug-likeness (QED) is 0.599. The molecule has 2 aromatic carbocycles. The van der Waals surface area contributed by atoms with E-state index < -0.39 is 5.97 Å². The van der Waals surface area contributed by atoms with E-state index in [9.17, 15) is 9.59 Å². The number of amides is 1. The molecule has 0 bridgehead atoms. The number of carbonyl (C=O) groups excluding carboxylic acids is 2. The second-order valence-corrected chi connectivity index (χ2v) is 7.50. The van der Waals surface area contributed by atoms with E-state index in [0.717, 1.165) is 29.5 Å². The lowest BCUT2D eigenvalue weighted by Crippen LogP contribution is -2.35. The van der Waals surface area contributed by atoms with Crippen molar-refractivity contribution < 1.29 is 28.5 Å². The molecular weight excluding hydrogens is 398 g/mol. The number of rotatable bonds is 8. The molecule has 0 aliphatic carbocycles. The fraction of sp³-hybridized carbons (Fsp3) is 0.417. The van der Waals surface area contributed by atoms with Crippen LogP contribution in [0.5, 0.6) is 17.2 Å². The first kappa shape index (κ1) is 22.5. The number of carbonyl (C=O) groups is 2. The van der Waals surface area contributed by atoms with E-state index in [0.29, 0.717) is 23.8 Å². The average molecular weight is 427 g/mol. The lowest BCUT2D eigenvalue weighted by molar-refractivity contribution is -0.154. The van der Waals surface area contributed by atoms with Crippen LogP contribution in [-0.4, -0.2) is 50.8 Å². The molecule has 7 heteroatoms. The fourth-order valence-electron chi connectivity index (χ4n) is 3.77. The summed E-state index contributed by atoms with van der Waals surface area (Å²) in [5.74, 6) is 1.21. The van der Waals surface area contributed by atoms with Crippen LogP contribution in [-0.2, 0) is 14.3 Å². The fourth-order valence-corrected chi connectivity index (χ4v) is 3.77. The summed E-state index contributed by atoms with van der Waals surface area (Å²) in [6, 6.07) is 11.0. The third kappa shape index (κ3) is 5.29. The predicted octanol–water partition coefficient (Wildman–Crippen LogP) is 3.61. The number of likely N-dealkylation sites (tertiary alicyclic amines) is 1. The largest absolute Gasteiger partial charge is 0.497 e. The molecule has 0 spiro atoms. The van der Waals surface area contributed by atoms with Gasteiger partial charge >= 0.3 is 5.97 Å². The summed E-state index contributed by atoms with van der Waals surface area (Å²) in [6.07, 6.45) is 1.67. The summed E-state index contributed by atoms with van der Waals surface area (Å²) >= 11 is 0. The predicted molar refractivity (Wildman–Crippen MR) is 116 cm³/mol. The SMILES string of the molecule is COc1ccc(OC)c([C@@H]2CCCN2C(=O)COC(=O)COc2cccc(C)c2C)c1. The van der Waals surface area contributed by atoms with Crippen LogP contribution in [0.15, 0.2) is 36.4 Å². The Morgan fingerprint density at radius 2 is 1.84 bits per heavy atom. The van der Waals surface area contributed by atoms with E-state index in [2.05, 4.69) is 0 Å². The molecule has 31 heavy (non-hydrogen) atoms. The van der Waals surface area contributed by atoms with E-state index in [1.54, 1.807) is 25.2 Å². The summed E-state index contributed by atoms with van der Waals surface area (Å²) in [5.41, 5.74) is 2.94. The Labute approximate surface area is 182 Å². The topological polar surface area (TPSA) is 74.3 Å². The van der Waals surface area contributed by atoms with Crippen LogP contribution in [0.2, 0.25) is 0 Å². The number of esters is 1. The van der Waals surface area contributed by atoms with Crippen LogP contribution in [0.1, 0.15) is 35.6 Å². The van der Waals surface area contributed by atoms with Crippen LogP contribution in [0.4, 0.5) is 0 Å². The zero-order valence-corrected chi connectivity index (χ0v) is 18.5. The Morgan fingerprint density at radius 1 is 1.03 bits per heavy atom. The molecule has 1 heterocycles. The first-order valence-corrected chi connectivity index (χ1v) is 10.3. The molecule has 0 saturated carbocycles. The number of hydrogen-bond acceptors (Lipinski definition) is 6. The molecule has 0 radical (unpaired) electrons. The van der Waals surface area contributed by atoms with Gasteiger partial charge in [-0.1, -0.05) is 12.1 Å². The minimum atomic E-state index is -0.580. The maximum Gasteiger partial charge on any atom is 0.344 e. The molecule has 1 aliphatic rings. The van der Waals surface area contributed by atoms with E-state index in [1.165, 1.54) is 0 Å². The van der Waals surface area contributed by atoms with Gasteiger partial charge in [0.05, 0.1) is 20.3 Å². The van der Waals surface area contributed by atoms with Crippen molar-refractivity contribution in [1.29, 1.82) is 0 Å². The van der Waals surface area contributed by atoms with Gasteiger partial charge < -0.3 is 23.8 Å². The van der Waals surface area contributed by atoms with Crippen molar-refractivity contribution in [3.8, 4) is 17.2 Å². The molecule has 166 valence electrons. The average Bonchev–Trinajstić information content (AvgIpc) is 3.27. The van der Waals surface area contributed by atoms with Crippen molar-refractivity contribution in [2.75, 3.05) is 34.0 Å². The number of ether oxygens (including phenoxy) is 4. The molecule has 7 nitrogen and oxygen atoms in total. The Hall–Kier alpha value is -3.22. The Balaban J connectivity index is 1.58. The van der Waals surface area contributed by atoms with Gasteiger partial charge in [-0.15, -0.1) is 0 Å². The van der Waals surface area contributed by atoms with Crippen molar-refractivity contribution >= 4 is 11.9 Å². The summed E-state index contributed by atoms with van der Waals surface area (Å²) in [4.78, 5) is 26.6. The Morgan fingerprint density at radius 3 is 2.58 bits per heavy atom. The van der Waals surface area contributed by atoms with Crippen molar-refractivity contribution in [2.45, 2.75) is 32.7 Å². The third-order valence-corrected chi connectivity index (χ3v) is 5.63. The molecular formula is C24H29NO6. The van der Waals surface area contributed by atoms with Gasteiger partial charge in [0.1, 0.15) is 17.2 Å². The third-order valence-electron chi connectivity index (χ3n) is 5.63. The van der Waals surface area contributed by atoms with Gasteiger partial charge in [-0.05, 0) is 62.1 Å². The van der Waals surface area contributed by atoms with Crippen molar-refractivity contribution in [2.24, 2.45) is 0 Å². The molecule has 0 unspecified atom stereocenters. The highest BCUT2D eigenvalue weighted by molar-refractivity contribution is 5.81. The first-order valence-electron chi connectivity index (χ1n) is 10.3. The smallest absolute Gasteiger partial charge is 0.344 e. The van der Waals surface area contributed by atoms with Crippen LogP contribution in [0.3, 0.4) is 0 Å². The maximum absolute atomic E-state index is 12.8. The number of aryl methyl sites for hydroxylation is 1. The van der Waals surface area contributed by atoms with E-state index in [4.69, 9.17) is 18.9 Å². The summed E-state index contributed by atoms with van der Waals surface area (Å²) in [7, 11) is 3.20. The molecule has 1 atom stereocenters. The van der Waals surface area contributed by atoms with E-state index in [1.807, 2.05) is 44.2 Å². The molecule has 1 saturated heterocycles. The zero-order valence-electron chi connectivity index (χ0n) is 18.5. The lowest BCUT2D eigenvalue weighted by atomic mass is 10.0. The molecule has 1 fully saturated rings. The second kappa shape index (κ2) is 10.2. The normalized spacial score (nSPS) is 15.5. The van der Waals surface area contributed by atoms with Gasteiger partial charge in [0.2, 0.25) is 0 Å². The summed E-state index contributed by atoms with van der Waals surface area (Å²) < 4.78 is 21.5. The zero-order chi connectivity index (χ0) is 22.4. The Kier molecular flexibility index (Phi) is 7.39. The van der Waals surface area contributed by atoms with Gasteiger partial charge in [0.15, 0.2) is 13.2 Å². The maximum atomic E-state index is 12.8. The highest BCUT2D eigenvalue weighted by Gasteiger charge is 2.32. The van der Waals surface area contributed by atoms with Gasteiger partial charge in [0.25, 0.3) is 5.91 Å². The molecule has 3 rings (SSSR count). The molecule has 0 N–H and O–H groups in total. The summed E-state index contributed by atoms with van der Waals surface area (Å²) in [6.45, 7) is 3.94. The lowest BCUT2D eigenvalue weighted by Gasteiger charge is -2.26. The molecule has 2 aromatic rings. The highest BCUT2D eigenvalue weighted by Crippen LogP contribution is 2.38. The monoisotopic (exact) mass is 427 g/mol. The standard InChI is InChI=1S/C24H29NO6/c1-16-7-5-9-21(17(16)2)30-15-24(27)31-14-23(26)25-12-6-8-20(25)19-13-18(28-3)10-11-22(19)29-4/h5,7,9-11,13,20H,6,8,12,14-15H2,1-4H3/t20-/m0/s1. The molecule has 1 amide bonds. The number of benzene rings is 2. The van der Waals surface area contributed by atoms with Gasteiger partial charge in [-0.2, -0.15) is 0 Å². The van der Waals surface area contributed by atoms with Crippen LogP contribution < -0.4 is 14.2 Å². The molecule has 0 aromatic heterocycles. The number of hydrogen-bond donors (Lipinski definition) is 0. The minimum Gasteiger partial charge on any atom is -0.497 e. The minimum absolute atomic E-state index is 0.151.